The molecular formula is C15H30N2O3. The molecule has 0 spiro atoms. The van der Waals surface area contributed by atoms with Gasteiger partial charge in [0.15, 0.2) is 0 Å². The molecule has 0 aromatic carbocycles. The van der Waals surface area contributed by atoms with E-state index in [9.17, 15) is 9.59 Å². The van der Waals surface area contributed by atoms with Crippen LogP contribution in [0, 0.1) is 0 Å². The maximum atomic E-state index is 12.2. The lowest BCUT2D eigenvalue weighted by molar-refractivity contribution is -0.137. The molecule has 0 rings (SSSR count). The Balaban J connectivity index is 4.43. The van der Waals surface area contributed by atoms with Crippen molar-refractivity contribution in [1.29, 1.82) is 0 Å². The van der Waals surface area contributed by atoms with Crippen LogP contribution in [0.4, 0.5) is 0 Å². The number of amides is 1. The first-order valence-electron chi connectivity index (χ1n) is 7.57. The molecule has 0 saturated heterocycles. The summed E-state index contributed by atoms with van der Waals surface area (Å²) in [7, 11) is 0. The molecule has 0 bridgehead atoms. The Bertz CT molecular complexity index is 305. The number of rotatable bonds is 10. The fraction of sp³-hybridized carbons (Fsp3) is 0.867. The highest BCUT2D eigenvalue weighted by Crippen LogP contribution is 2.09. The summed E-state index contributed by atoms with van der Waals surface area (Å²) in [6, 6.07) is 0.164. The predicted octanol–water partition coefficient (Wildman–Crippen LogP) is 2.25. The molecule has 5 nitrogen and oxygen atoms in total. The molecule has 0 radical (unpaired) electrons. The second kappa shape index (κ2) is 9.75. The van der Waals surface area contributed by atoms with Gasteiger partial charge >= 0.3 is 5.97 Å². The second-order valence-corrected chi connectivity index (χ2v) is 5.70. The normalized spacial score (nSPS) is 14.3. The van der Waals surface area contributed by atoms with Gasteiger partial charge in [-0.05, 0) is 47.1 Å². The number of nitrogens with one attached hydrogen (secondary N) is 1. The van der Waals surface area contributed by atoms with Crippen molar-refractivity contribution in [1.82, 2.24) is 10.2 Å². The first kappa shape index (κ1) is 18.9. The number of aliphatic carboxylic acids is 1. The van der Waals surface area contributed by atoms with Crippen LogP contribution in [-0.2, 0) is 9.59 Å². The number of hydrogen-bond donors (Lipinski definition) is 2. The van der Waals surface area contributed by atoms with Crippen molar-refractivity contribution in [3.05, 3.63) is 0 Å². The van der Waals surface area contributed by atoms with E-state index in [1.807, 2.05) is 27.7 Å². The number of hydrogen-bond acceptors (Lipinski definition) is 3. The minimum atomic E-state index is -0.789. The molecule has 0 aliphatic carbocycles. The molecule has 2 N–H and O–H groups in total. The number of carboxylic acids is 1. The van der Waals surface area contributed by atoms with Crippen molar-refractivity contribution in [3.8, 4) is 0 Å². The summed E-state index contributed by atoms with van der Waals surface area (Å²) in [5.74, 6) is -0.766. The van der Waals surface area contributed by atoms with E-state index in [0.29, 0.717) is 13.0 Å². The fourth-order valence-electron chi connectivity index (χ4n) is 2.33. The van der Waals surface area contributed by atoms with E-state index in [2.05, 4.69) is 17.1 Å². The van der Waals surface area contributed by atoms with Gasteiger partial charge in [-0.1, -0.05) is 13.3 Å². The smallest absolute Gasteiger partial charge is 0.303 e. The van der Waals surface area contributed by atoms with E-state index in [0.717, 1.165) is 12.8 Å². The van der Waals surface area contributed by atoms with Crippen LogP contribution < -0.4 is 5.32 Å². The largest absolute Gasteiger partial charge is 0.481 e. The summed E-state index contributed by atoms with van der Waals surface area (Å²) in [6.45, 7) is 10.7. The van der Waals surface area contributed by atoms with E-state index < -0.39 is 5.97 Å². The zero-order chi connectivity index (χ0) is 15.7. The molecule has 118 valence electrons. The Hall–Kier alpha value is -1.10. The molecule has 1 amide bonds. The topological polar surface area (TPSA) is 69.6 Å². The van der Waals surface area contributed by atoms with Crippen molar-refractivity contribution in [2.24, 2.45) is 0 Å². The summed E-state index contributed by atoms with van der Waals surface area (Å²) in [5, 5.41) is 11.7. The van der Waals surface area contributed by atoms with Crippen LogP contribution in [0.2, 0.25) is 0 Å². The monoisotopic (exact) mass is 286 g/mol. The molecule has 2 unspecified atom stereocenters. The average Bonchev–Trinajstić information content (AvgIpc) is 2.33. The lowest BCUT2D eigenvalue weighted by atomic mass is 10.1. The van der Waals surface area contributed by atoms with Gasteiger partial charge in [0.05, 0.1) is 6.04 Å². The van der Waals surface area contributed by atoms with Crippen LogP contribution in [-0.4, -0.2) is 46.6 Å². The third-order valence-corrected chi connectivity index (χ3v) is 3.46. The van der Waals surface area contributed by atoms with Crippen molar-refractivity contribution < 1.29 is 14.7 Å². The quantitative estimate of drug-likeness (QED) is 0.646. The minimum absolute atomic E-state index is 0.0231. The molecule has 0 saturated carbocycles. The summed E-state index contributed by atoms with van der Waals surface area (Å²) < 4.78 is 0. The highest BCUT2D eigenvalue weighted by molar-refractivity contribution is 5.81. The minimum Gasteiger partial charge on any atom is -0.481 e. The maximum absolute atomic E-state index is 12.2. The first-order valence-corrected chi connectivity index (χ1v) is 7.57. The maximum Gasteiger partial charge on any atom is 0.303 e. The number of carbonyl (C=O) groups excluding carboxylic acids is 1. The summed E-state index contributed by atoms with van der Waals surface area (Å²) >= 11 is 0. The van der Waals surface area contributed by atoms with Crippen molar-refractivity contribution in [2.45, 2.75) is 78.4 Å². The van der Waals surface area contributed by atoms with Crippen LogP contribution in [0.5, 0.6) is 0 Å². The second-order valence-electron chi connectivity index (χ2n) is 5.70. The van der Waals surface area contributed by atoms with Crippen LogP contribution in [0.25, 0.3) is 0 Å². The van der Waals surface area contributed by atoms with Gasteiger partial charge in [0, 0.05) is 18.5 Å². The molecule has 0 aliphatic rings. The van der Waals surface area contributed by atoms with E-state index >= 15 is 0 Å². The summed E-state index contributed by atoms with van der Waals surface area (Å²) in [5.41, 5.74) is 0. The third kappa shape index (κ3) is 7.48. The Labute approximate surface area is 122 Å². The van der Waals surface area contributed by atoms with Gasteiger partial charge in [-0.3, -0.25) is 14.5 Å². The van der Waals surface area contributed by atoms with Gasteiger partial charge < -0.3 is 10.4 Å². The third-order valence-electron chi connectivity index (χ3n) is 3.46. The van der Waals surface area contributed by atoms with E-state index in [-0.39, 0.29) is 30.5 Å². The lowest BCUT2D eigenvalue weighted by Crippen LogP contribution is -2.50. The Kier molecular flexibility index (Phi) is 9.21. The molecule has 0 fully saturated rings. The Morgan fingerprint density at radius 3 is 2.25 bits per heavy atom. The predicted molar refractivity (Wildman–Crippen MR) is 80.7 cm³/mol. The Morgan fingerprint density at radius 1 is 1.20 bits per heavy atom. The van der Waals surface area contributed by atoms with E-state index in [1.54, 1.807) is 0 Å². The van der Waals surface area contributed by atoms with Gasteiger partial charge in [-0.25, -0.2) is 0 Å². The zero-order valence-corrected chi connectivity index (χ0v) is 13.5. The molecule has 0 aromatic heterocycles. The van der Waals surface area contributed by atoms with Crippen LogP contribution in [0.15, 0.2) is 0 Å². The molecule has 0 aromatic rings. The SMILES string of the molecule is CCCC(C)NC(=O)C(C)N(CCCC(=O)O)C(C)C. The average molecular weight is 286 g/mol. The van der Waals surface area contributed by atoms with Gasteiger partial charge in [0.25, 0.3) is 0 Å². The fourth-order valence-corrected chi connectivity index (χ4v) is 2.33. The van der Waals surface area contributed by atoms with Crippen LogP contribution >= 0.6 is 0 Å². The van der Waals surface area contributed by atoms with E-state index in [4.69, 9.17) is 5.11 Å². The highest BCUT2D eigenvalue weighted by atomic mass is 16.4. The van der Waals surface area contributed by atoms with Crippen LogP contribution in [0.3, 0.4) is 0 Å². The first-order chi connectivity index (χ1) is 9.29. The van der Waals surface area contributed by atoms with Crippen molar-refractivity contribution >= 4 is 11.9 Å². The van der Waals surface area contributed by atoms with Crippen LogP contribution in [0.1, 0.15) is 60.3 Å². The standard InChI is InChI=1S/C15H30N2O3/c1-6-8-12(4)16-15(20)13(5)17(11(2)3)10-7-9-14(18)19/h11-13H,6-10H2,1-5H3,(H,16,20)(H,18,19). The molecule has 20 heavy (non-hydrogen) atoms. The number of carboxylic acid groups (broad SMARTS) is 1. The number of nitrogens with zero attached hydrogens (tertiary/aromatic N) is 1. The molecule has 0 aliphatic heterocycles. The molecular weight excluding hydrogens is 256 g/mol. The summed E-state index contributed by atoms with van der Waals surface area (Å²) in [6.07, 6.45) is 2.72. The van der Waals surface area contributed by atoms with Gasteiger partial charge in [-0.2, -0.15) is 0 Å². The molecule has 0 heterocycles. The van der Waals surface area contributed by atoms with Crippen molar-refractivity contribution in [3.63, 3.8) is 0 Å². The van der Waals surface area contributed by atoms with Gasteiger partial charge in [0.2, 0.25) is 5.91 Å². The summed E-state index contributed by atoms with van der Waals surface area (Å²) in [4.78, 5) is 24.8. The van der Waals surface area contributed by atoms with Crippen molar-refractivity contribution in [2.75, 3.05) is 6.54 Å². The van der Waals surface area contributed by atoms with E-state index in [1.165, 1.54) is 0 Å². The molecule has 5 heteroatoms. The molecule has 2 atom stereocenters. The van der Waals surface area contributed by atoms with Gasteiger partial charge in [-0.15, -0.1) is 0 Å². The van der Waals surface area contributed by atoms with Gasteiger partial charge in [0.1, 0.15) is 0 Å². The lowest BCUT2D eigenvalue weighted by Gasteiger charge is -2.32. The Morgan fingerprint density at radius 2 is 1.80 bits per heavy atom. The zero-order valence-electron chi connectivity index (χ0n) is 13.5. The number of carbonyl (C=O) groups is 2. The highest BCUT2D eigenvalue weighted by Gasteiger charge is 2.24.